The summed E-state index contributed by atoms with van der Waals surface area (Å²) >= 11 is 0. The van der Waals surface area contributed by atoms with Crippen LogP contribution in [0.5, 0.6) is 0 Å². The molecule has 0 N–H and O–H groups in total. The second-order valence-corrected chi connectivity index (χ2v) is 9.73. The lowest BCUT2D eigenvalue weighted by molar-refractivity contribution is -0.139. The number of allylic oxidation sites excluding steroid dienone is 1. The summed E-state index contributed by atoms with van der Waals surface area (Å²) in [4.78, 5) is 23.6. The van der Waals surface area contributed by atoms with Gasteiger partial charge in [-0.1, -0.05) is 32.6 Å². The fraction of sp³-hybridized carbons (Fsp3) is 0.840. The van der Waals surface area contributed by atoms with Gasteiger partial charge in [0.15, 0.2) is 0 Å². The summed E-state index contributed by atoms with van der Waals surface area (Å²) < 4.78 is 10.3. The number of esters is 2. The zero-order chi connectivity index (χ0) is 20.8. The molecule has 0 radical (unpaired) electrons. The number of rotatable bonds is 6. The van der Waals surface area contributed by atoms with E-state index in [0.717, 1.165) is 24.2 Å². The van der Waals surface area contributed by atoms with Crippen LogP contribution in [0.1, 0.15) is 97.3 Å². The third-order valence-corrected chi connectivity index (χ3v) is 7.99. The topological polar surface area (TPSA) is 52.6 Å². The Labute approximate surface area is 176 Å². The van der Waals surface area contributed by atoms with Crippen molar-refractivity contribution in [2.24, 2.45) is 29.6 Å². The number of hydrogen-bond donors (Lipinski definition) is 0. The molecule has 0 amide bonds. The summed E-state index contributed by atoms with van der Waals surface area (Å²) in [6.07, 6.45) is 16.3. The van der Waals surface area contributed by atoms with Crippen molar-refractivity contribution in [1.29, 1.82) is 0 Å². The Hall–Kier alpha value is -1.32. The van der Waals surface area contributed by atoms with Gasteiger partial charge in [-0.25, -0.2) is 4.79 Å². The van der Waals surface area contributed by atoms with Crippen molar-refractivity contribution < 1.29 is 19.1 Å². The van der Waals surface area contributed by atoms with Crippen LogP contribution < -0.4 is 0 Å². The highest BCUT2D eigenvalue weighted by Crippen LogP contribution is 2.46. The van der Waals surface area contributed by atoms with Gasteiger partial charge >= 0.3 is 11.9 Å². The van der Waals surface area contributed by atoms with E-state index < -0.39 is 0 Å². The lowest BCUT2D eigenvalue weighted by Crippen LogP contribution is -2.30. The van der Waals surface area contributed by atoms with Crippen molar-refractivity contribution in [3.05, 3.63) is 11.3 Å². The van der Waals surface area contributed by atoms with Gasteiger partial charge in [0.2, 0.25) is 0 Å². The minimum absolute atomic E-state index is 0.343. The molecular weight excluding hydrogens is 364 g/mol. The third-order valence-electron chi connectivity index (χ3n) is 7.99. The molecule has 0 aromatic rings. The summed E-state index contributed by atoms with van der Waals surface area (Å²) in [5, 5.41) is 0. The maximum Gasteiger partial charge on any atom is 0.337 e. The van der Waals surface area contributed by atoms with E-state index >= 15 is 0 Å². The number of methoxy groups -OCH3 is 1. The fourth-order valence-corrected chi connectivity index (χ4v) is 6.40. The van der Waals surface area contributed by atoms with E-state index in [4.69, 9.17) is 9.47 Å². The SMILES string of the molecule is CCCC1CCC(C2CCC(C3CCC(C(=O)OC)=C(OC(C)=O)C3)CC2)CC1. The van der Waals surface area contributed by atoms with E-state index in [2.05, 4.69) is 6.92 Å². The lowest BCUT2D eigenvalue weighted by atomic mass is 9.65. The quantitative estimate of drug-likeness (QED) is 0.495. The summed E-state index contributed by atoms with van der Waals surface area (Å²) in [7, 11) is 1.39. The fourth-order valence-electron chi connectivity index (χ4n) is 6.40. The maximum absolute atomic E-state index is 12.1. The number of carbonyl (C=O) groups is 2. The van der Waals surface area contributed by atoms with Gasteiger partial charge in [-0.15, -0.1) is 0 Å². The van der Waals surface area contributed by atoms with Crippen molar-refractivity contribution in [3.63, 3.8) is 0 Å². The molecule has 0 aromatic carbocycles. The van der Waals surface area contributed by atoms with Crippen LogP contribution in [0.4, 0.5) is 0 Å². The molecule has 0 aromatic heterocycles. The van der Waals surface area contributed by atoms with Gasteiger partial charge in [0.05, 0.1) is 12.7 Å². The molecule has 164 valence electrons. The summed E-state index contributed by atoms with van der Waals surface area (Å²) in [5.74, 6) is 3.98. The molecule has 2 fully saturated rings. The molecule has 3 aliphatic rings. The molecule has 0 bridgehead atoms. The van der Waals surface area contributed by atoms with Crippen molar-refractivity contribution >= 4 is 11.9 Å². The number of ether oxygens (including phenoxy) is 2. The van der Waals surface area contributed by atoms with Crippen LogP contribution in [0.3, 0.4) is 0 Å². The maximum atomic E-state index is 12.1. The van der Waals surface area contributed by atoms with Gasteiger partial charge in [-0.3, -0.25) is 4.79 Å². The first-order valence-electron chi connectivity index (χ1n) is 12.0. The first-order valence-corrected chi connectivity index (χ1v) is 12.0. The molecule has 0 spiro atoms. The molecule has 1 unspecified atom stereocenters. The number of carbonyl (C=O) groups excluding carboxylic acids is 2. The van der Waals surface area contributed by atoms with Crippen molar-refractivity contribution in [2.45, 2.75) is 97.3 Å². The van der Waals surface area contributed by atoms with Crippen LogP contribution in [0.15, 0.2) is 11.3 Å². The van der Waals surface area contributed by atoms with Crippen LogP contribution in [0, 0.1) is 29.6 Å². The van der Waals surface area contributed by atoms with E-state index in [1.807, 2.05) is 0 Å². The molecule has 2 saturated carbocycles. The van der Waals surface area contributed by atoms with E-state index in [1.54, 1.807) is 0 Å². The summed E-state index contributed by atoms with van der Waals surface area (Å²) in [5.41, 5.74) is 0.566. The van der Waals surface area contributed by atoms with Gasteiger partial charge in [-0.2, -0.15) is 0 Å². The highest BCUT2D eigenvalue weighted by atomic mass is 16.5. The average Bonchev–Trinajstić information content (AvgIpc) is 2.74. The highest BCUT2D eigenvalue weighted by molar-refractivity contribution is 5.89. The predicted molar refractivity (Wildman–Crippen MR) is 114 cm³/mol. The Morgan fingerprint density at radius 3 is 1.93 bits per heavy atom. The first kappa shape index (κ1) is 22.4. The van der Waals surface area contributed by atoms with Gasteiger partial charge in [0.1, 0.15) is 5.76 Å². The Kier molecular flexibility index (Phi) is 8.20. The van der Waals surface area contributed by atoms with Gasteiger partial charge in [0.25, 0.3) is 0 Å². The number of hydrogen-bond acceptors (Lipinski definition) is 4. The molecule has 4 nitrogen and oxygen atoms in total. The van der Waals surface area contributed by atoms with Crippen molar-refractivity contribution in [2.75, 3.05) is 7.11 Å². The Morgan fingerprint density at radius 1 is 0.862 bits per heavy atom. The standard InChI is InChI=1S/C25H40O4/c1-4-5-18-6-8-19(9-7-18)20-10-12-21(13-11-20)22-14-15-23(25(27)28-3)24(16-22)29-17(2)26/h18-22H,4-16H2,1-3H3. The average molecular weight is 405 g/mol. The van der Waals surface area contributed by atoms with E-state index in [0.29, 0.717) is 36.0 Å². The van der Waals surface area contributed by atoms with Gasteiger partial charge in [0, 0.05) is 13.3 Å². The molecule has 0 heterocycles. The highest BCUT2D eigenvalue weighted by Gasteiger charge is 2.36. The zero-order valence-electron chi connectivity index (χ0n) is 18.7. The van der Waals surface area contributed by atoms with Crippen LogP contribution in [-0.2, 0) is 19.1 Å². The molecular formula is C25H40O4. The first-order chi connectivity index (χ1) is 14.0. The summed E-state index contributed by atoms with van der Waals surface area (Å²) in [6, 6.07) is 0. The Balaban J connectivity index is 1.51. The Morgan fingerprint density at radius 2 is 1.41 bits per heavy atom. The van der Waals surface area contributed by atoms with E-state index in [9.17, 15) is 9.59 Å². The van der Waals surface area contributed by atoms with E-state index in [1.165, 1.54) is 78.2 Å². The molecule has 3 rings (SSSR count). The zero-order valence-corrected chi connectivity index (χ0v) is 18.7. The largest absolute Gasteiger partial charge is 0.466 e. The van der Waals surface area contributed by atoms with Gasteiger partial charge < -0.3 is 9.47 Å². The molecule has 29 heavy (non-hydrogen) atoms. The van der Waals surface area contributed by atoms with Crippen molar-refractivity contribution in [3.8, 4) is 0 Å². The second-order valence-electron chi connectivity index (χ2n) is 9.73. The second kappa shape index (κ2) is 10.6. The lowest BCUT2D eigenvalue weighted by Gasteiger charge is -2.40. The molecule has 1 atom stereocenters. The predicted octanol–water partition coefficient (Wildman–Crippen LogP) is 6.19. The molecule has 4 heteroatoms. The van der Waals surface area contributed by atoms with Crippen LogP contribution >= 0.6 is 0 Å². The van der Waals surface area contributed by atoms with E-state index in [-0.39, 0.29) is 11.9 Å². The minimum Gasteiger partial charge on any atom is -0.466 e. The normalized spacial score (nSPS) is 33.3. The van der Waals surface area contributed by atoms with Crippen LogP contribution in [0.2, 0.25) is 0 Å². The van der Waals surface area contributed by atoms with Crippen LogP contribution in [0.25, 0.3) is 0 Å². The summed E-state index contributed by atoms with van der Waals surface area (Å²) in [6.45, 7) is 3.72. The van der Waals surface area contributed by atoms with Crippen LogP contribution in [-0.4, -0.2) is 19.0 Å². The smallest absolute Gasteiger partial charge is 0.337 e. The minimum atomic E-state index is -0.345. The molecule has 0 saturated heterocycles. The molecule has 0 aliphatic heterocycles. The Bertz CT molecular complexity index is 592. The van der Waals surface area contributed by atoms with Crippen molar-refractivity contribution in [1.82, 2.24) is 0 Å². The van der Waals surface area contributed by atoms with Gasteiger partial charge in [-0.05, 0) is 81.0 Å². The molecule has 3 aliphatic carbocycles. The monoisotopic (exact) mass is 404 g/mol. The third kappa shape index (κ3) is 5.86.